The van der Waals surface area contributed by atoms with E-state index in [-0.39, 0.29) is 18.0 Å². The lowest BCUT2D eigenvalue weighted by molar-refractivity contribution is 0.0544. The summed E-state index contributed by atoms with van der Waals surface area (Å²) in [5.41, 5.74) is 0.673. The van der Waals surface area contributed by atoms with Gasteiger partial charge in [-0.2, -0.15) is 0 Å². The van der Waals surface area contributed by atoms with E-state index in [0.717, 1.165) is 17.6 Å². The number of halogens is 2. The lowest BCUT2D eigenvalue weighted by Crippen LogP contribution is -2.57. The SMILES string of the molecule is CC1CNCC(C)N1C(=O)c1ccc(Cl)c(Br)c1. The first-order valence-corrected chi connectivity index (χ1v) is 7.16. The van der Waals surface area contributed by atoms with Crippen LogP contribution in [0, 0.1) is 0 Å². The molecule has 3 nitrogen and oxygen atoms in total. The van der Waals surface area contributed by atoms with Gasteiger partial charge in [-0.05, 0) is 48.0 Å². The van der Waals surface area contributed by atoms with E-state index in [0.29, 0.717) is 10.6 Å². The molecule has 0 bridgehead atoms. The van der Waals surface area contributed by atoms with Gasteiger partial charge in [0.25, 0.3) is 5.91 Å². The van der Waals surface area contributed by atoms with Crippen molar-refractivity contribution in [2.24, 2.45) is 0 Å². The third kappa shape index (κ3) is 2.71. The van der Waals surface area contributed by atoms with Gasteiger partial charge in [0.1, 0.15) is 0 Å². The van der Waals surface area contributed by atoms with E-state index >= 15 is 0 Å². The molecule has 1 aromatic carbocycles. The van der Waals surface area contributed by atoms with Crippen molar-refractivity contribution in [2.45, 2.75) is 25.9 Å². The summed E-state index contributed by atoms with van der Waals surface area (Å²) < 4.78 is 0.755. The Morgan fingerprint density at radius 2 is 2.00 bits per heavy atom. The van der Waals surface area contributed by atoms with Gasteiger partial charge in [-0.1, -0.05) is 11.6 Å². The number of hydrogen-bond donors (Lipinski definition) is 1. The number of rotatable bonds is 1. The zero-order valence-corrected chi connectivity index (χ0v) is 12.8. The fourth-order valence-corrected chi connectivity index (χ4v) is 2.81. The van der Waals surface area contributed by atoms with Gasteiger partial charge in [0.05, 0.1) is 5.02 Å². The summed E-state index contributed by atoms with van der Waals surface area (Å²) in [7, 11) is 0. The number of amides is 1. The highest BCUT2D eigenvalue weighted by molar-refractivity contribution is 9.10. The monoisotopic (exact) mass is 330 g/mol. The van der Waals surface area contributed by atoms with E-state index in [4.69, 9.17) is 11.6 Å². The van der Waals surface area contributed by atoms with Gasteiger partial charge >= 0.3 is 0 Å². The highest BCUT2D eigenvalue weighted by atomic mass is 79.9. The maximum absolute atomic E-state index is 12.5. The molecular formula is C13H16BrClN2O. The smallest absolute Gasteiger partial charge is 0.254 e. The Morgan fingerprint density at radius 3 is 2.56 bits per heavy atom. The largest absolute Gasteiger partial charge is 0.331 e. The number of nitrogens with zero attached hydrogens (tertiary/aromatic N) is 1. The van der Waals surface area contributed by atoms with Crippen LogP contribution >= 0.6 is 27.5 Å². The summed E-state index contributed by atoms with van der Waals surface area (Å²) in [6, 6.07) is 5.71. The van der Waals surface area contributed by atoms with Crippen molar-refractivity contribution in [1.29, 1.82) is 0 Å². The molecule has 0 saturated carbocycles. The van der Waals surface area contributed by atoms with Gasteiger partial charge in [-0.25, -0.2) is 0 Å². The van der Waals surface area contributed by atoms with Gasteiger partial charge in [0, 0.05) is 35.2 Å². The fraction of sp³-hybridized carbons (Fsp3) is 0.462. The maximum Gasteiger partial charge on any atom is 0.254 e. The zero-order valence-electron chi connectivity index (χ0n) is 10.4. The predicted octanol–water partition coefficient (Wildman–Crippen LogP) is 2.92. The number of hydrogen-bond acceptors (Lipinski definition) is 2. The summed E-state index contributed by atoms with van der Waals surface area (Å²) in [6.07, 6.45) is 0. The third-order valence-electron chi connectivity index (χ3n) is 3.23. The molecule has 98 valence electrons. The van der Waals surface area contributed by atoms with Gasteiger partial charge in [-0.15, -0.1) is 0 Å². The van der Waals surface area contributed by atoms with Crippen LogP contribution in [0.2, 0.25) is 5.02 Å². The Kier molecular flexibility index (Phi) is 4.30. The standard InChI is InChI=1S/C13H16BrClN2O/c1-8-6-16-7-9(2)17(8)13(18)10-3-4-12(15)11(14)5-10/h3-5,8-9,16H,6-7H2,1-2H3. The average molecular weight is 332 g/mol. The van der Waals surface area contributed by atoms with Crippen molar-refractivity contribution in [1.82, 2.24) is 10.2 Å². The van der Waals surface area contributed by atoms with Crippen LogP contribution in [0.15, 0.2) is 22.7 Å². The molecule has 0 aliphatic carbocycles. The molecule has 0 radical (unpaired) electrons. The van der Waals surface area contributed by atoms with Gasteiger partial charge in [0.2, 0.25) is 0 Å². The van der Waals surface area contributed by atoms with Crippen molar-refractivity contribution in [2.75, 3.05) is 13.1 Å². The molecule has 1 saturated heterocycles. The first-order valence-electron chi connectivity index (χ1n) is 5.99. The van der Waals surface area contributed by atoms with Gasteiger partial charge < -0.3 is 10.2 Å². The molecule has 18 heavy (non-hydrogen) atoms. The van der Waals surface area contributed by atoms with Crippen LogP contribution in [0.3, 0.4) is 0 Å². The van der Waals surface area contributed by atoms with E-state index in [1.807, 2.05) is 4.90 Å². The van der Waals surface area contributed by atoms with E-state index in [9.17, 15) is 4.79 Å². The highest BCUT2D eigenvalue weighted by Crippen LogP contribution is 2.25. The Labute approximate surface area is 121 Å². The molecule has 5 heteroatoms. The molecule has 1 aliphatic rings. The lowest BCUT2D eigenvalue weighted by Gasteiger charge is -2.39. The Hall–Kier alpha value is -0.580. The quantitative estimate of drug-likeness (QED) is 0.858. The zero-order chi connectivity index (χ0) is 13.3. The number of nitrogens with one attached hydrogen (secondary N) is 1. The first-order chi connectivity index (χ1) is 8.50. The number of piperazine rings is 1. The molecule has 1 heterocycles. The summed E-state index contributed by atoms with van der Waals surface area (Å²) in [4.78, 5) is 14.5. The van der Waals surface area contributed by atoms with E-state index in [2.05, 4.69) is 35.1 Å². The Morgan fingerprint density at radius 1 is 1.39 bits per heavy atom. The number of carbonyl (C=O) groups is 1. The highest BCUT2D eigenvalue weighted by Gasteiger charge is 2.29. The molecule has 2 unspecified atom stereocenters. The van der Waals surface area contributed by atoms with Crippen LogP contribution in [-0.4, -0.2) is 36.0 Å². The van der Waals surface area contributed by atoms with Gasteiger partial charge in [0.15, 0.2) is 0 Å². The molecule has 1 amide bonds. The number of carbonyl (C=O) groups excluding carboxylic acids is 1. The number of benzene rings is 1. The minimum atomic E-state index is 0.0638. The van der Waals surface area contributed by atoms with E-state index in [1.165, 1.54) is 0 Å². The van der Waals surface area contributed by atoms with Crippen molar-refractivity contribution < 1.29 is 4.79 Å². The van der Waals surface area contributed by atoms with E-state index < -0.39 is 0 Å². The lowest BCUT2D eigenvalue weighted by atomic mass is 10.1. The molecule has 0 aromatic heterocycles. The van der Waals surface area contributed by atoms with Crippen LogP contribution in [0.25, 0.3) is 0 Å². The van der Waals surface area contributed by atoms with Crippen molar-refractivity contribution in [3.05, 3.63) is 33.3 Å². The second kappa shape index (κ2) is 5.59. The van der Waals surface area contributed by atoms with E-state index in [1.54, 1.807) is 18.2 Å². The van der Waals surface area contributed by atoms with Crippen molar-refractivity contribution in [3.63, 3.8) is 0 Å². The molecule has 0 spiro atoms. The second-order valence-corrected chi connectivity index (χ2v) is 5.96. The molecule has 2 rings (SSSR count). The average Bonchev–Trinajstić information content (AvgIpc) is 2.32. The Balaban J connectivity index is 2.26. The van der Waals surface area contributed by atoms with Crippen LogP contribution in [0.5, 0.6) is 0 Å². The van der Waals surface area contributed by atoms with Crippen LogP contribution in [0.4, 0.5) is 0 Å². The molecule has 1 aromatic rings. The normalized spacial score (nSPS) is 24.1. The van der Waals surface area contributed by atoms with Crippen LogP contribution < -0.4 is 5.32 Å². The summed E-state index contributed by atoms with van der Waals surface area (Å²) in [5, 5.41) is 3.94. The molecule has 1 N–H and O–H groups in total. The molecule has 2 atom stereocenters. The second-order valence-electron chi connectivity index (χ2n) is 4.70. The summed E-state index contributed by atoms with van der Waals surface area (Å²) in [6.45, 7) is 5.80. The molecule has 1 fully saturated rings. The predicted molar refractivity (Wildman–Crippen MR) is 77.1 cm³/mol. The van der Waals surface area contributed by atoms with Gasteiger partial charge in [-0.3, -0.25) is 4.79 Å². The summed E-state index contributed by atoms with van der Waals surface area (Å²) in [5.74, 6) is 0.0638. The minimum absolute atomic E-state index is 0.0638. The van der Waals surface area contributed by atoms with Crippen LogP contribution in [0.1, 0.15) is 24.2 Å². The minimum Gasteiger partial charge on any atom is -0.331 e. The summed E-state index contributed by atoms with van der Waals surface area (Å²) >= 11 is 9.30. The molecule has 1 aliphatic heterocycles. The topological polar surface area (TPSA) is 32.3 Å². The van der Waals surface area contributed by atoms with Crippen molar-refractivity contribution in [3.8, 4) is 0 Å². The van der Waals surface area contributed by atoms with Crippen LogP contribution in [-0.2, 0) is 0 Å². The fourth-order valence-electron chi connectivity index (χ4n) is 2.31. The first kappa shape index (κ1) is 13.8. The van der Waals surface area contributed by atoms with Crippen molar-refractivity contribution >= 4 is 33.4 Å². The maximum atomic E-state index is 12.5. The Bertz CT molecular complexity index is 456. The third-order valence-corrected chi connectivity index (χ3v) is 4.44. The molecular weight excluding hydrogens is 316 g/mol.